The minimum atomic E-state index is -0.480. The molecule has 134 valence electrons. The van der Waals surface area contributed by atoms with E-state index in [1.54, 1.807) is 11.2 Å². The summed E-state index contributed by atoms with van der Waals surface area (Å²) in [6.45, 7) is 6.98. The molecule has 0 spiro atoms. The van der Waals surface area contributed by atoms with Gasteiger partial charge in [-0.05, 0) is 51.8 Å². The van der Waals surface area contributed by atoms with Crippen molar-refractivity contribution < 1.29 is 9.53 Å². The fourth-order valence-corrected chi connectivity index (χ4v) is 3.29. The van der Waals surface area contributed by atoms with Crippen LogP contribution in [0.1, 0.15) is 33.6 Å². The number of carbonyl (C=O) groups excluding carboxylic acids is 1. The molecule has 1 N–H and O–H groups in total. The third-order valence-electron chi connectivity index (χ3n) is 4.01. The molecule has 6 nitrogen and oxygen atoms in total. The largest absolute Gasteiger partial charge is 0.444 e. The van der Waals surface area contributed by atoms with Crippen LogP contribution in [0.3, 0.4) is 0 Å². The third-order valence-corrected chi connectivity index (χ3v) is 4.50. The monoisotopic (exact) mass is 406 g/mol. The summed E-state index contributed by atoms with van der Waals surface area (Å²) in [5.41, 5.74) is 0.410. The second-order valence-corrected chi connectivity index (χ2v) is 8.21. The fourth-order valence-electron chi connectivity index (χ4n) is 2.92. The van der Waals surface area contributed by atoms with Crippen LogP contribution >= 0.6 is 15.9 Å². The van der Waals surface area contributed by atoms with Crippen molar-refractivity contribution in [2.45, 2.75) is 45.3 Å². The minimum absolute atomic E-state index is 0.137. The molecule has 7 heteroatoms. The number of nitrogens with zero attached hydrogens (tertiary/aromatic N) is 3. The molecule has 0 aliphatic carbocycles. The van der Waals surface area contributed by atoms with Gasteiger partial charge in [0.2, 0.25) is 0 Å². The lowest BCUT2D eigenvalue weighted by atomic mass is 10.1. The number of likely N-dealkylation sites (tertiary alicyclic amines) is 1. The number of hydrogen-bond donors (Lipinski definition) is 1. The predicted molar refractivity (Wildman–Crippen MR) is 102 cm³/mol. The van der Waals surface area contributed by atoms with E-state index in [9.17, 15) is 4.79 Å². The number of ether oxygens (including phenoxy) is 1. The van der Waals surface area contributed by atoms with Crippen molar-refractivity contribution in [1.82, 2.24) is 14.9 Å². The van der Waals surface area contributed by atoms with Crippen LogP contribution in [0.5, 0.6) is 0 Å². The SMILES string of the molecule is CC(C)(C)OC(=O)N1CCC[C@H](Nc2ncnc3ccc(Br)cc23)C1. The van der Waals surface area contributed by atoms with Crippen molar-refractivity contribution in [3.05, 3.63) is 29.0 Å². The van der Waals surface area contributed by atoms with Gasteiger partial charge in [-0.1, -0.05) is 15.9 Å². The number of hydrogen-bond acceptors (Lipinski definition) is 5. The zero-order valence-corrected chi connectivity index (χ0v) is 16.3. The maximum Gasteiger partial charge on any atom is 0.410 e. The number of anilines is 1. The zero-order valence-electron chi connectivity index (χ0n) is 14.8. The van der Waals surface area contributed by atoms with Crippen molar-refractivity contribution in [1.29, 1.82) is 0 Å². The maximum atomic E-state index is 12.3. The van der Waals surface area contributed by atoms with E-state index in [-0.39, 0.29) is 12.1 Å². The van der Waals surface area contributed by atoms with Gasteiger partial charge in [-0.3, -0.25) is 0 Å². The number of rotatable bonds is 2. The molecule has 2 aromatic rings. The Hall–Kier alpha value is -1.89. The van der Waals surface area contributed by atoms with Crippen LogP contribution in [-0.4, -0.2) is 45.7 Å². The van der Waals surface area contributed by atoms with Crippen molar-refractivity contribution in [3.63, 3.8) is 0 Å². The second kappa shape index (κ2) is 7.15. The van der Waals surface area contributed by atoms with Gasteiger partial charge < -0.3 is 15.0 Å². The first-order valence-electron chi connectivity index (χ1n) is 8.46. The molecule has 1 aromatic heterocycles. The van der Waals surface area contributed by atoms with Gasteiger partial charge in [0.05, 0.1) is 5.52 Å². The van der Waals surface area contributed by atoms with E-state index in [1.165, 1.54) is 0 Å². The average Bonchev–Trinajstić information content (AvgIpc) is 2.54. The molecule has 25 heavy (non-hydrogen) atoms. The summed E-state index contributed by atoms with van der Waals surface area (Å²) >= 11 is 3.50. The Kier molecular flexibility index (Phi) is 5.13. The van der Waals surface area contributed by atoms with Gasteiger partial charge >= 0.3 is 6.09 Å². The molecule has 1 aliphatic heterocycles. The molecule has 1 fully saturated rings. The summed E-state index contributed by atoms with van der Waals surface area (Å²) < 4.78 is 6.47. The van der Waals surface area contributed by atoms with E-state index in [4.69, 9.17) is 4.74 Å². The Bertz CT molecular complexity index is 775. The van der Waals surface area contributed by atoms with Crippen molar-refractivity contribution in [2.75, 3.05) is 18.4 Å². The molecular weight excluding hydrogens is 384 g/mol. The van der Waals surface area contributed by atoms with E-state index < -0.39 is 5.60 Å². The quantitative estimate of drug-likeness (QED) is 0.808. The van der Waals surface area contributed by atoms with Gasteiger partial charge in [0.1, 0.15) is 17.7 Å². The normalized spacial score (nSPS) is 18.2. The Balaban J connectivity index is 1.73. The van der Waals surface area contributed by atoms with Gasteiger partial charge in [0.15, 0.2) is 0 Å². The molecule has 2 heterocycles. The lowest BCUT2D eigenvalue weighted by Gasteiger charge is -2.34. The molecule has 0 bridgehead atoms. The lowest BCUT2D eigenvalue weighted by molar-refractivity contribution is 0.0206. The number of nitrogens with one attached hydrogen (secondary N) is 1. The van der Waals surface area contributed by atoms with Crippen molar-refractivity contribution >= 4 is 38.7 Å². The molecule has 1 atom stereocenters. The van der Waals surface area contributed by atoms with Gasteiger partial charge in [0, 0.05) is 29.0 Å². The van der Waals surface area contributed by atoms with Crippen LogP contribution in [0.2, 0.25) is 0 Å². The van der Waals surface area contributed by atoms with E-state index in [0.29, 0.717) is 6.54 Å². The highest BCUT2D eigenvalue weighted by Gasteiger charge is 2.28. The van der Waals surface area contributed by atoms with Crippen LogP contribution in [-0.2, 0) is 4.74 Å². The third kappa shape index (κ3) is 4.60. The summed E-state index contributed by atoms with van der Waals surface area (Å²) in [4.78, 5) is 22.8. The summed E-state index contributed by atoms with van der Waals surface area (Å²) in [6, 6.07) is 6.06. The van der Waals surface area contributed by atoms with Crippen LogP contribution in [0.15, 0.2) is 29.0 Å². The van der Waals surface area contributed by atoms with Gasteiger partial charge in [-0.15, -0.1) is 0 Å². The Morgan fingerprint density at radius 2 is 2.16 bits per heavy atom. The number of aromatic nitrogens is 2. The average molecular weight is 407 g/mol. The predicted octanol–water partition coefficient (Wildman–Crippen LogP) is 4.20. The number of amides is 1. The highest BCUT2D eigenvalue weighted by atomic mass is 79.9. The molecule has 0 radical (unpaired) electrons. The molecular formula is C18H23BrN4O2. The Morgan fingerprint density at radius 1 is 1.36 bits per heavy atom. The van der Waals surface area contributed by atoms with Crippen molar-refractivity contribution in [3.8, 4) is 0 Å². The van der Waals surface area contributed by atoms with Crippen molar-refractivity contribution in [2.24, 2.45) is 0 Å². The van der Waals surface area contributed by atoms with Gasteiger partial charge in [-0.2, -0.15) is 0 Å². The van der Waals surface area contributed by atoms with Gasteiger partial charge in [-0.25, -0.2) is 14.8 Å². The van der Waals surface area contributed by atoms with Crippen LogP contribution in [0, 0.1) is 0 Å². The highest BCUT2D eigenvalue weighted by Crippen LogP contribution is 2.25. The number of fused-ring (bicyclic) bond motifs is 1. The topological polar surface area (TPSA) is 67.3 Å². The van der Waals surface area contributed by atoms with E-state index in [0.717, 1.165) is 40.6 Å². The first-order chi connectivity index (χ1) is 11.8. The fraction of sp³-hybridized carbons (Fsp3) is 0.500. The molecule has 1 amide bonds. The summed E-state index contributed by atoms with van der Waals surface area (Å²) in [7, 11) is 0. The minimum Gasteiger partial charge on any atom is -0.444 e. The van der Waals surface area contributed by atoms with Crippen LogP contribution in [0.25, 0.3) is 10.9 Å². The number of piperidine rings is 1. The molecule has 1 aromatic carbocycles. The smallest absolute Gasteiger partial charge is 0.410 e. The first-order valence-corrected chi connectivity index (χ1v) is 9.26. The van der Waals surface area contributed by atoms with Gasteiger partial charge in [0.25, 0.3) is 0 Å². The standard InChI is InChI=1S/C18H23BrN4O2/c1-18(2,3)25-17(24)23-8-4-5-13(10-23)22-16-14-9-12(19)6-7-15(14)20-11-21-16/h6-7,9,11,13H,4-5,8,10H2,1-3H3,(H,20,21,22)/t13-/m0/s1. The molecule has 1 saturated heterocycles. The zero-order chi connectivity index (χ0) is 18.0. The van der Waals surface area contributed by atoms with E-state index in [1.807, 2.05) is 39.0 Å². The summed E-state index contributed by atoms with van der Waals surface area (Å²) in [5, 5.41) is 4.44. The molecule has 0 unspecified atom stereocenters. The Morgan fingerprint density at radius 3 is 2.92 bits per heavy atom. The first kappa shape index (κ1) is 17.9. The lowest BCUT2D eigenvalue weighted by Crippen LogP contribution is -2.47. The Labute approximate surface area is 156 Å². The summed E-state index contributed by atoms with van der Waals surface area (Å²) in [6.07, 6.45) is 3.23. The van der Waals surface area contributed by atoms with Crippen LogP contribution in [0.4, 0.5) is 10.6 Å². The number of benzene rings is 1. The number of halogens is 1. The number of carbonyl (C=O) groups is 1. The summed E-state index contributed by atoms with van der Waals surface area (Å²) in [5.74, 6) is 0.794. The second-order valence-electron chi connectivity index (χ2n) is 7.29. The maximum absolute atomic E-state index is 12.3. The molecule has 3 rings (SSSR count). The van der Waals surface area contributed by atoms with E-state index in [2.05, 4.69) is 31.2 Å². The molecule has 0 saturated carbocycles. The highest BCUT2D eigenvalue weighted by molar-refractivity contribution is 9.10. The molecule has 1 aliphatic rings. The van der Waals surface area contributed by atoms with E-state index >= 15 is 0 Å². The van der Waals surface area contributed by atoms with Crippen LogP contribution < -0.4 is 5.32 Å².